The highest BCUT2D eigenvalue weighted by Crippen LogP contribution is 2.57. The lowest BCUT2D eigenvalue weighted by atomic mass is 9.62. The van der Waals surface area contributed by atoms with E-state index in [0.717, 1.165) is 29.7 Å². The van der Waals surface area contributed by atoms with E-state index in [-0.39, 0.29) is 6.10 Å². The topological polar surface area (TPSA) is 40.5 Å². The van der Waals surface area contributed by atoms with Crippen LogP contribution in [0.2, 0.25) is 0 Å². The van der Waals surface area contributed by atoms with Crippen molar-refractivity contribution in [3.05, 3.63) is 34.9 Å². The fourth-order valence-corrected chi connectivity index (χ4v) is 6.25. The van der Waals surface area contributed by atoms with Crippen molar-refractivity contribution in [1.82, 2.24) is 0 Å². The third kappa shape index (κ3) is 5.07. The minimum Gasteiger partial charge on any atom is -0.393 e. The van der Waals surface area contributed by atoms with Crippen LogP contribution in [0.3, 0.4) is 0 Å². The Bertz CT molecular complexity index is 666. The quantitative estimate of drug-likeness (QED) is 0.518. The molecular formula is C27H44O2. The molecule has 3 rings (SSSR count). The van der Waals surface area contributed by atoms with E-state index in [1.165, 1.54) is 44.1 Å². The van der Waals surface area contributed by atoms with Crippen molar-refractivity contribution in [3.8, 4) is 0 Å². The molecule has 5 atom stereocenters. The van der Waals surface area contributed by atoms with Gasteiger partial charge in [0.05, 0.1) is 11.7 Å². The third-order valence-corrected chi connectivity index (χ3v) is 8.22. The van der Waals surface area contributed by atoms with E-state index in [0.29, 0.717) is 24.7 Å². The second-order valence-electron chi connectivity index (χ2n) is 11.1. The average Bonchev–Trinajstić information content (AvgIpc) is 3.00. The number of hydrogen-bond donors (Lipinski definition) is 2. The predicted molar refractivity (Wildman–Crippen MR) is 123 cm³/mol. The Morgan fingerprint density at radius 1 is 1.14 bits per heavy atom. The van der Waals surface area contributed by atoms with Crippen LogP contribution >= 0.6 is 0 Å². The number of fused-ring (bicyclic) bond motifs is 1. The van der Waals surface area contributed by atoms with E-state index in [4.69, 9.17) is 0 Å². The van der Waals surface area contributed by atoms with Crippen LogP contribution in [-0.2, 0) is 0 Å². The van der Waals surface area contributed by atoms with Crippen LogP contribution in [0.15, 0.2) is 34.9 Å². The zero-order valence-corrected chi connectivity index (χ0v) is 19.5. The minimum absolute atomic E-state index is 0.307. The molecule has 0 unspecified atom stereocenters. The molecular weight excluding hydrogens is 356 g/mol. The molecule has 2 saturated carbocycles. The van der Waals surface area contributed by atoms with E-state index in [2.05, 4.69) is 45.9 Å². The lowest BCUT2D eigenvalue weighted by molar-refractivity contribution is 0.0282. The first-order valence-corrected chi connectivity index (χ1v) is 12.1. The van der Waals surface area contributed by atoms with Crippen LogP contribution < -0.4 is 0 Å². The van der Waals surface area contributed by atoms with Crippen molar-refractivity contribution in [2.45, 2.75) is 111 Å². The van der Waals surface area contributed by atoms with Crippen LogP contribution in [0.4, 0.5) is 0 Å². The summed E-state index contributed by atoms with van der Waals surface area (Å²) in [6, 6.07) is 0. The smallest absolute Gasteiger partial charge is 0.0833 e. The van der Waals surface area contributed by atoms with E-state index in [1.54, 1.807) is 5.57 Å². The van der Waals surface area contributed by atoms with Gasteiger partial charge in [0.2, 0.25) is 0 Å². The van der Waals surface area contributed by atoms with Gasteiger partial charge < -0.3 is 10.2 Å². The molecule has 29 heavy (non-hydrogen) atoms. The molecule has 3 aliphatic rings. The first-order chi connectivity index (χ1) is 13.6. The summed E-state index contributed by atoms with van der Waals surface area (Å²) in [7, 11) is 0. The molecule has 0 spiro atoms. The molecule has 0 bridgehead atoms. The molecule has 2 nitrogen and oxygen atoms in total. The number of rotatable bonds is 6. The molecule has 0 aromatic rings. The van der Waals surface area contributed by atoms with Crippen LogP contribution in [-0.4, -0.2) is 21.9 Å². The van der Waals surface area contributed by atoms with Gasteiger partial charge in [-0.1, -0.05) is 65.2 Å². The Morgan fingerprint density at radius 2 is 1.90 bits per heavy atom. The molecule has 0 aliphatic heterocycles. The van der Waals surface area contributed by atoms with Gasteiger partial charge in [0, 0.05) is 0 Å². The highest BCUT2D eigenvalue weighted by atomic mass is 16.3. The monoisotopic (exact) mass is 400 g/mol. The van der Waals surface area contributed by atoms with Crippen molar-refractivity contribution in [2.75, 3.05) is 0 Å². The summed E-state index contributed by atoms with van der Waals surface area (Å²) >= 11 is 0. The van der Waals surface area contributed by atoms with Crippen LogP contribution in [0.25, 0.3) is 0 Å². The van der Waals surface area contributed by atoms with E-state index in [1.807, 2.05) is 6.92 Å². The van der Waals surface area contributed by atoms with Gasteiger partial charge in [-0.2, -0.15) is 0 Å². The van der Waals surface area contributed by atoms with Gasteiger partial charge in [-0.05, 0) is 91.8 Å². The van der Waals surface area contributed by atoms with E-state index >= 15 is 0 Å². The predicted octanol–water partition coefficient (Wildman–Crippen LogP) is 6.73. The second-order valence-corrected chi connectivity index (χ2v) is 11.1. The lowest BCUT2D eigenvalue weighted by Crippen LogP contribution is -2.35. The molecule has 0 radical (unpaired) electrons. The largest absolute Gasteiger partial charge is 0.393 e. The van der Waals surface area contributed by atoms with Gasteiger partial charge in [-0.15, -0.1) is 0 Å². The van der Waals surface area contributed by atoms with Crippen LogP contribution in [0.5, 0.6) is 0 Å². The molecule has 2 N–H and O–H groups in total. The second kappa shape index (κ2) is 9.10. The summed E-state index contributed by atoms with van der Waals surface area (Å²) in [4.78, 5) is 0. The molecule has 2 heteroatoms. The molecule has 2 fully saturated rings. The summed E-state index contributed by atoms with van der Waals surface area (Å²) in [5.74, 6) is 2.35. The summed E-state index contributed by atoms with van der Waals surface area (Å²) in [6.07, 6.45) is 17.6. The molecule has 164 valence electrons. The van der Waals surface area contributed by atoms with Gasteiger partial charge in [-0.3, -0.25) is 0 Å². The number of hydrogen-bond acceptors (Lipinski definition) is 2. The van der Waals surface area contributed by atoms with E-state index < -0.39 is 5.60 Å². The maximum absolute atomic E-state index is 10.7. The molecule has 0 saturated heterocycles. The fourth-order valence-electron chi connectivity index (χ4n) is 6.25. The first kappa shape index (κ1) is 22.8. The molecule has 0 aromatic carbocycles. The standard InChI is InChI=1S/C27H44O2/c1-19(2)8-6-9-20(3)24-13-14-25-21(10-7-16-26(24,25)4)11-12-22-18-23(28)15-17-27(22,5)29/h11-12,14,19-20,23-24,28-29H,6-10,13,15-18H2,1-5H3/b21-11-,22-12-/t20-,23+,24-,26-,27+/m1/s1. The maximum Gasteiger partial charge on any atom is 0.0833 e. The zero-order chi connectivity index (χ0) is 21.2. The number of aliphatic hydroxyl groups excluding tert-OH is 1. The Hall–Kier alpha value is -0.860. The van der Waals surface area contributed by atoms with Crippen molar-refractivity contribution < 1.29 is 10.2 Å². The molecule has 0 heterocycles. The Balaban J connectivity index is 1.74. The average molecular weight is 401 g/mol. The van der Waals surface area contributed by atoms with Crippen molar-refractivity contribution in [2.24, 2.45) is 23.2 Å². The van der Waals surface area contributed by atoms with Crippen molar-refractivity contribution >= 4 is 0 Å². The van der Waals surface area contributed by atoms with Gasteiger partial charge in [-0.25, -0.2) is 0 Å². The molecule has 0 amide bonds. The Labute approximate surface area is 179 Å². The first-order valence-electron chi connectivity index (χ1n) is 12.1. The summed E-state index contributed by atoms with van der Waals surface area (Å²) in [6.45, 7) is 11.6. The number of allylic oxidation sites excluding steroid dienone is 5. The van der Waals surface area contributed by atoms with Crippen LogP contribution in [0, 0.1) is 23.2 Å². The zero-order valence-electron chi connectivity index (χ0n) is 19.5. The molecule has 0 aromatic heterocycles. The highest BCUT2D eigenvalue weighted by molar-refractivity contribution is 5.45. The summed E-state index contributed by atoms with van der Waals surface area (Å²) in [5, 5.41) is 20.8. The Morgan fingerprint density at radius 3 is 2.62 bits per heavy atom. The van der Waals surface area contributed by atoms with Gasteiger partial charge in [0.25, 0.3) is 0 Å². The number of aliphatic hydroxyl groups is 2. The summed E-state index contributed by atoms with van der Waals surface area (Å²) in [5.41, 5.74) is 3.59. The Kier molecular flexibility index (Phi) is 7.16. The van der Waals surface area contributed by atoms with Gasteiger partial charge in [0.15, 0.2) is 0 Å². The van der Waals surface area contributed by atoms with Gasteiger partial charge in [0.1, 0.15) is 0 Å². The maximum atomic E-state index is 10.7. The van der Waals surface area contributed by atoms with Crippen LogP contribution in [0.1, 0.15) is 98.8 Å². The third-order valence-electron chi connectivity index (χ3n) is 8.22. The van der Waals surface area contributed by atoms with Crippen molar-refractivity contribution in [1.29, 1.82) is 0 Å². The summed E-state index contributed by atoms with van der Waals surface area (Å²) < 4.78 is 0. The highest BCUT2D eigenvalue weighted by Gasteiger charge is 2.45. The van der Waals surface area contributed by atoms with Crippen molar-refractivity contribution in [3.63, 3.8) is 0 Å². The molecule has 3 aliphatic carbocycles. The normalized spacial score (nSPS) is 39.1. The minimum atomic E-state index is -0.772. The fraction of sp³-hybridized carbons (Fsp3) is 0.778. The lowest BCUT2D eigenvalue weighted by Gasteiger charge is -2.42. The van der Waals surface area contributed by atoms with Gasteiger partial charge >= 0.3 is 0 Å². The van der Waals surface area contributed by atoms with E-state index in [9.17, 15) is 10.2 Å². The SMILES string of the molecule is CC(C)CCC[C@@H](C)[C@H]1CC=C2/C(=C\C=C3\C[C@@H](O)CC[C@]3(C)O)CCC[C@@]21C.